The third-order valence-corrected chi connectivity index (χ3v) is 7.03. The molecule has 1 atom stereocenters. The van der Waals surface area contributed by atoms with Gasteiger partial charge in [-0.15, -0.1) is 23.7 Å². The number of hydrogen-bond acceptors (Lipinski definition) is 6. The molecule has 2 fully saturated rings. The Morgan fingerprint density at radius 3 is 2.68 bits per heavy atom. The molecule has 3 aliphatic rings. The number of rotatable bonds is 2. The number of piperidine rings is 1. The monoisotopic (exact) mass is 429 g/mol. The van der Waals surface area contributed by atoms with Gasteiger partial charge in [-0.3, -0.25) is 9.59 Å². The minimum Gasteiger partial charge on any atom is -0.375 e. The van der Waals surface area contributed by atoms with Crippen LogP contribution in [0.1, 0.15) is 39.9 Å². The van der Waals surface area contributed by atoms with Gasteiger partial charge in [0.1, 0.15) is 0 Å². The van der Waals surface area contributed by atoms with Crippen molar-refractivity contribution in [2.24, 2.45) is 5.73 Å². The smallest absolute Gasteiger partial charge is 0.264 e. The van der Waals surface area contributed by atoms with Gasteiger partial charge in [0.05, 0.1) is 36.3 Å². The van der Waals surface area contributed by atoms with Crippen molar-refractivity contribution in [2.45, 2.75) is 37.9 Å². The normalized spacial score (nSPS) is 23.9. The molecule has 28 heavy (non-hydrogen) atoms. The highest BCUT2D eigenvalue weighted by Gasteiger charge is 2.43. The van der Waals surface area contributed by atoms with Crippen LogP contribution in [0.5, 0.6) is 0 Å². The third kappa shape index (κ3) is 3.93. The molecule has 2 N–H and O–H groups in total. The fourth-order valence-corrected chi connectivity index (χ4v) is 5.54. The van der Waals surface area contributed by atoms with Crippen LogP contribution in [-0.4, -0.2) is 73.7 Å². The molecule has 2 amide bonds. The molecule has 1 spiro atoms. The van der Waals surface area contributed by atoms with Crippen molar-refractivity contribution >= 4 is 35.6 Å². The van der Waals surface area contributed by atoms with Crippen molar-refractivity contribution in [3.05, 3.63) is 21.4 Å². The molecule has 1 unspecified atom stereocenters. The second-order valence-electron chi connectivity index (χ2n) is 7.56. The molecule has 3 aliphatic heterocycles. The highest BCUT2D eigenvalue weighted by atomic mass is 35.5. The van der Waals surface area contributed by atoms with Crippen LogP contribution in [0.15, 0.2) is 6.07 Å². The van der Waals surface area contributed by atoms with E-state index in [9.17, 15) is 9.59 Å². The number of ether oxygens (including phenoxy) is 2. The second-order valence-corrected chi connectivity index (χ2v) is 8.69. The SMILES string of the molecule is CC1CN(C(=O)c2cc3c(s2)CCOC32CCN(C(=O)CN)CC2)CCO1.Cl. The first-order valence-electron chi connectivity index (χ1n) is 9.68. The third-order valence-electron chi connectivity index (χ3n) is 5.84. The number of carbonyl (C=O) groups excluding carboxylic acids is 2. The highest BCUT2D eigenvalue weighted by molar-refractivity contribution is 7.14. The molecule has 156 valence electrons. The van der Waals surface area contributed by atoms with E-state index in [1.807, 2.05) is 22.8 Å². The van der Waals surface area contributed by atoms with Crippen LogP contribution >= 0.6 is 23.7 Å². The van der Waals surface area contributed by atoms with Crippen LogP contribution in [0.4, 0.5) is 0 Å². The van der Waals surface area contributed by atoms with Crippen molar-refractivity contribution in [3.8, 4) is 0 Å². The van der Waals surface area contributed by atoms with Gasteiger partial charge in [-0.1, -0.05) is 0 Å². The largest absolute Gasteiger partial charge is 0.375 e. The van der Waals surface area contributed by atoms with Crippen molar-refractivity contribution in [3.63, 3.8) is 0 Å². The zero-order valence-electron chi connectivity index (χ0n) is 16.1. The molecule has 0 radical (unpaired) electrons. The Bertz CT molecular complexity index is 733. The van der Waals surface area contributed by atoms with E-state index in [1.54, 1.807) is 11.3 Å². The maximum Gasteiger partial charge on any atom is 0.264 e. The molecule has 0 aliphatic carbocycles. The predicted molar refractivity (Wildman–Crippen MR) is 109 cm³/mol. The second kappa shape index (κ2) is 8.67. The van der Waals surface area contributed by atoms with Crippen LogP contribution in [-0.2, 0) is 26.3 Å². The summed E-state index contributed by atoms with van der Waals surface area (Å²) in [5, 5.41) is 0. The topological polar surface area (TPSA) is 85.1 Å². The Kier molecular flexibility index (Phi) is 6.66. The summed E-state index contributed by atoms with van der Waals surface area (Å²) in [5.41, 5.74) is 6.28. The summed E-state index contributed by atoms with van der Waals surface area (Å²) in [6.07, 6.45) is 2.44. The fraction of sp³-hybridized carbons (Fsp3) is 0.684. The maximum absolute atomic E-state index is 13.0. The molecule has 4 rings (SSSR count). The van der Waals surface area contributed by atoms with E-state index in [-0.39, 0.29) is 42.5 Å². The lowest BCUT2D eigenvalue weighted by Gasteiger charge is -2.44. The lowest BCUT2D eigenvalue weighted by atomic mass is 9.82. The average Bonchev–Trinajstić information content (AvgIpc) is 3.13. The molecule has 2 saturated heterocycles. The molecule has 4 heterocycles. The summed E-state index contributed by atoms with van der Waals surface area (Å²) in [5.74, 6) is 0.0824. The Labute approximate surface area is 175 Å². The first kappa shape index (κ1) is 21.5. The van der Waals surface area contributed by atoms with Gasteiger partial charge in [0.25, 0.3) is 5.91 Å². The van der Waals surface area contributed by atoms with Crippen molar-refractivity contribution in [1.82, 2.24) is 9.80 Å². The lowest BCUT2D eigenvalue weighted by molar-refractivity contribution is -0.139. The van der Waals surface area contributed by atoms with E-state index in [2.05, 4.69) is 0 Å². The van der Waals surface area contributed by atoms with E-state index in [0.29, 0.717) is 39.4 Å². The van der Waals surface area contributed by atoms with E-state index in [0.717, 1.165) is 29.7 Å². The van der Waals surface area contributed by atoms with Crippen molar-refractivity contribution in [1.29, 1.82) is 0 Å². The van der Waals surface area contributed by atoms with Gasteiger partial charge in [0, 0.05) is 37.5 Å². The number of likely N-dealkylation sites (tertiary alicyclic amines) is 1. The summed E-state index contributed by atoms with van der Waals surface area (Å²) in [6.45, 7) is 5.89. The molecule has 0 bridgehead atoms. The number of halogens is 1. The number of thiophene rings is 1. The highest BCUT2D eigenvalue weighted by Crippen LogP contribution is 2.44. The van der Waals surface area contributed by atoms with Gasteiger partial charge in [-0.2, -0.15) is 0 Å². The first-order valence-corrected chi connectivity index (χ1v) is 10.5. The standard InChI is InChI=1S/C19H27N3O4S.ClH/c1-13-12-22(7-9-25-13)18(24)16-10-14-15(27-16)2-8-26-19(14)3-5-21(6-4-19)17(23)11-20;/h10,13H,2-9,11-12,20H2,1H3;1H. The molecule has 0 aromatic carbocycles. The number of carbonyl (C=O) groups is 2. The summed E-state index contributed by atoms with van der Waals surface area (Å²) < 4.78 is 11.8. The van der Waals surface area contributed by atoms with Crippen LogP contribution in [0, 0.1) is 0 Å². The minimum atomic E-state index is -0.369. The Morgan fingerprint density at radius 2 is 2.00 bits per heavy atom. The molecular formula is C19H28ClN3O4S. The zero-order valence-corrected chi connectivity index (χ0v) is 17.8. The van der Waals surface area contributed by atoms with Crippen LogP contribution in [0.2, 0.25) is 0 Å². The summed E-state index contributed by atoms with van der Waals surface area (Å²) in [6, 6.07) is 2.04. The number of morpholine rings is 1. The molecule has 1 aromatic rings. The average molecular weight is 430 g/mol. The summed E-state index contributed by atoms with van der Waals surface area (Å²) >= 11 is 1.60. The van der Waals surface area contributed by atoms with Crippen molar-refractivity contribution in [2.75, 3.05) is 45.9 Å². The summed E-state index contributed by atoms with van der Waals surface area (Å²) in [7, 11) is 0. The van der Waals surface area contributed by atoms with E-state index >= 15 is 0 Å². The maximum atomic E-state index is 13.0. The number of nitrogens with zero attached hydrogens (tertiary/aromatic N) is 2. The summed E-state index contributed by atoms with van der Waals surface area (Å²) in [4.78, 5) is 30.6. The van der Waals surface area contributed by atoms with Gasteiger partial charge in [-0.05, 0) is 31.4 Å². The minimum absolute atomic E-state index is 0. The van der Waals surface area contributed by atoms with E-state index in [1.165, 1.54) is 4.88 Å². The van der Waals surface area contributed by atoms with Gasteiger partial charge in [0.2, 0.25) is 5.91 Å². The fourth-order valence-electron chi connectivity index (χ4n) is 4.34. The Hall–Kier alpha value is -1.19. The number of fused-ring (bicyclic) bond motifs is 2. The van der Waals surface area contributed by atoms with Crippen LogP contribution < -0.4 is 5.73 Å². The molecule has 1 aromatic heterocycles. The van der Waals surface area contributed by atoms with E-state index in [4.69, 9.17) is 15.2 Å². The Morgan fingerprint density at radius 1 is 1.25 bits per heavy atom. The van der Waals surface area contributed by atoms with Gasteiger partial charge >= 0.3 is 0 Å². The number of amides is 2. The van der Waals surface area contributed by atoms with Gasteiger partial charge in [-0.25, -0.2) is 0 Å². The van der Waals surface area contributed by atoms with E-state index < -0.39 is 0 Å². The number of nitrogens with two attached hydrogens (primary N) is 1. The number of hydrogen-bond donors (Lipinski definition) is 1. The molecule has 7 nitrogen and oxygen atoms in total. The molecular weight excluding hydrogens is 402 g/mol. The first-order chi connectivity index (χ1) is 13.0. The van der Waals surface area contributed by atoms with Gasteiger partial charge < -0.3 is 25.0 Å². The van der Waals surface area contributed by atoms with Crippen molar-refractivity contribution < 1.29 is 19.1 Å². The molecule has 9 heteroatoms. The molecule has 0 saturated carbocycles. The van der Waals surface area contributed by atoms with Gasteiger partial charge in [0.15, 0.2) is 0 Å². The van der Waals surface area contributed by atoms with Crippen LogP contribution in [0.25, 0.3) is 0 Å². The quantitative estimate of drug-likeness (QED) is 0.767. The Balaban J connectivity index is 0.00000225. The van der Waals surface area contributed by atoms with Crippen LogP contribution in [0.3, 0.4) is 0 Å². The zero-order chi connectivity index (χ0) is 19.0. The predicted octanol–water partition coefficient (Wildman–Crippen LogP) is 1.38. The lowest BCUT2D eigenvalue weighted by Crippen LogP contribution is -2.49.